The minimum atomic E-state index is -0.365. The Morgan fingerprint density at radius 1 is 1.41 bits per heavy atom. The standard InChI is InChI=1S/C13H13NO3/c1-10(15)14-12-7-3-5-11(9-12)6-4-8-13(16)17-2/h3,5,7,9H,8H2,1-2H3,(H,14,15). The van der Waals surface area contributed by atoms with Crippen LogP contribution in [0, 0.1) is 11.8 Å². The second-order valence-electron chi connectivity index (χ2n) is 3.32. The van der Waals surface area contributed by atoms with Gasteiger partial charge in [-0.3, -0.25) is 9.59 Å². The molecule has 0 heterocycles. The molecule has 1 amide bonds. The van der Waals surface area contributed by atoms with E-state index in [1.165, 1.54) is 14.0 Å². The highest BCUT2D eigenvalue weighted by Crippen LogP contribution is 2.09. The summed E-state index contributed by atoms with van der Waals surface area (Å²) in [4.78, 5) is 21.7. The molecule has 17 heavy (non-hydrogen) atoms. The maximum absolute atomic E-state index is 10.9. The molecule has 4 nitrogen and oxygen atoms in total. The molecule has 0 saturated carbocycles. The van der Waals surface area contributed by atoms with Crippen LogP contribution in [0.1, 0.15) is 18.9 Å². The second-order valence-corrected chi connectivity index (χ2v) is 3.32. The third-order valence-corrected chi connectivity index (χ3v) is 1.88. The maximum atomic E-state index is 10.9. The number of amides is 1. The first kappa shape index (κ1) is 12.8. The molecular weight excluding hydrogens is 218 g/mol. The molecule has 1 aromatic rings. The van der Waals surface area contributed by atoms with E-state index in [0.29, 0.717) is 5.69 Å². The van der Waals surface area contributed by atoms with Crippen LogP contribution in [0.2, 0.25) is 0 Å². The van der Waals surface area contributed by atoms with E-state index in [1.54, 1.807) is 24.3 Å². The zero-order valence-corrected chi connectivity index (χ0v) is 9.74. The summed E-state index contributed by atoms with van der Waals surface area (Å²) in [5.41, 5.74) is 1.42. The maximum Gasteiger partial charge on any atom is 0.317 e. The normalized spacial score (nSPS) is 8.82. The molecule has 0 saturated heterocycles. The quantitative estimate of drug-likeness (QED) is 0.620. The van der Waals surface area contributed by atoms with Gasteiger partial charge in [0.1, 0.15) is 6.42 Å². The van der Waals surface area contributed by atoms with Crippen LogP contribution >= 0.6 is 0 Å². The lowest BCUT2D eigenvalue weighted by molar-refractivity contribution is -0.139. The zero-order chi connectivity index (χ0) is 12.7. The van der Waals surface area contributed by atoms with Crippen LogP contribution in [-0.4, -0.2) is 19.0 Å². The van der Waals surface area contributed by atoms with E-state index in [0.717, 1.165) is 5.56 Å². The van der Waals surface area contributed by atoms with Crippen molar-refractivity contribution in [3.63, 3.8) is 0 Å². The van der Waals surface area contributed by atoms with Crippen LogP contribution in [0.15, 0.2) is 24.3 Å². The van der Waals surface area contributed by atoms with Gasteiger partial charge in [-0.05, 0) is 18.2 Å². The summed E-state index contributed by atoms with van der Waals surface area (Å²) >= 11 is 0. The zero-order valence-electron chi connectivity index (χ0n) is 9.74. The Morgan fingerprint density at radius 2 is 2.18 bits per heavy atom. The fourth-order valence-electron chi connectivity index (χ4n) is 1.17. The van der Waals surface area contributed by atoms with E-state index in [-0.39, 0.29) is 18.3 Å². The van der Waals surface area contributed by atoms with Gasteiger partial charge in [-0.25, -0.2) is 0 Å². The predicted molar refractivity (Wildman–Crippen MR) is 64.3 cm³/mol. The number of anilines is 1. The molecule has 0 spiro atoms. The highest BCUT2D eigenvalue weighted by atomic mass is 16.5. The topological polar surface area (TPSA) is 55.4 Å². The van der Waals surface area contributed by atoms with Crippen molar-refractivity contribution in [2.75, 3.05) is 12.4 Å². The minimum Gasteiger partial charge on any atom is -0.468 e. The van der Waals surface area contributed by atoms with Gasteiger partial charge in [-0.1, -0.05) is 17.9 Å². The summed E-state index contributed by atoms with van der Waals surface area (Å²) in [5, 5.41) is 2.66. The fourth-order valence-corrected chi connectivity index (χ4v) is 1.17. The number of hydrogen-bond acceptors (Lipinski definition) is 3. The Bertz CT molecular complexity index is 483. The van der Waals surface area contributed by atoms with E-state index in [4.69, 9.17) is 0 Å². The molecule has 0 aliphatic rings. The van der Waals surface area contributed by atoms with Gasteiger partial charge in [-0.2, -0.15) is 0 Å². The Balaban J connectivity index is 2.71. The number of carbonyl (C=O) groups excluding carboxylic acids is 2. The van der Waals surface area contributed by atoms with Gasteiger partial charge in [0.05, 0.1) is 7.11 Å². The SMILES string of the molecule is COC(=O)CC#Cc1cccc(NC(C)=O)c1. The van der Waals surface area contributed by atoms with Crippen molar-refractivity contribution in [3.05, 3.63) is 29.8 Å². The van der Waals surface area contributed by atoms with Crippen molar-refractivity contribution in [1.29, 1.82) is 0 Å². The van der Waals surface area contributed by atoms with Crippen molar-refractivity contribution in [3.8, 4) is 11.8 Å². The van der Waals surface area contributed by atoms with E-state index in [9.17, 15) is 9.59 Å². The van der Waals surface area contributed by atoms with Crippen molar-refractivity contribution in [2.24, 2.45) is 0 Å². The summed E-state index contributed by atoms with van der Waals surface area (Å²) in [5.74, 6) is 5.02. The average molecular weight is 231 g/mol. The van der Waals surface area contributed by atoms with E-state index < -0.39 is 0 Å². The van der Waals surface area contributed by atoms with Crippen LogP contribution in [0.4, 0.5) is 5.69 Å². The molecule has 0 radical (unpaired) electrons. The van der Waals surface area contributed by atoms with Crippen LogP contribution in [0.25, 0.3) is 0 Å². The lowest BCUT2D eigenvalue weighted by Crippen LogP contribution is -2.05. The Kier molecular flexibility index (Phi) is 4.77. The number of hydrogen-bond donors (Lipinski definition) is 1. The van der Waals surface area contributed by atoms with Gasteiger partial charge in [0, 0.05) is 18.2 Å². The van der Waals surface area contributed by atoms with Crippen LogP contribution in [-0.2, 0) is 14.3 Å². The summed E-state index contributed by atoms with van der Waals surface area (Å²) in [6.45, 7) is 1.44. The molecule has 88 valence electrons. The monoisotopic (exact) mass is 231 g/mol. The number of rotatable bonds is 2. The van der Waals surface area contributed by atoms with Crippen molar-refractivity contribution in [1.82, 2.24) is 0 Å². The molecule has 0 aliphatic carbocycles. The molecule has 0 aliphatic heterocycles. The van der Waals surface area contributed by atoms with E-state index >= 15 is 0 Å². The van der Waals surface area contributed by atoms with Crippen molar-refractivity contribution in [2.45, 2.75) is 13.3 Å². The molecule has 0 aromatic heterocycles. The lowest BCUT2D eigenvalue weighted by Gasteiger charge is -2.01. The summed E-state index contributed by atoms with van der Waals surface area (Å²) in [6.07, 6.45) is 0.0564. The number of carbonyl (C=O) groups is 2. The highest BCUT2D eigenvalue weighted by Gasteiger charge is 1.96. The Morgan fingerprint density at radius 3 is 2.82 bits per heavy atom. The van der Waals surface area contributed by atoms with Crippen LogP contribution in [0.3, 0.4) is 0 Å². The van der Waals surface area contributed by atoms with Gasteiger partial charge in [0.2, 0.25) is 5.91 Å². The smallest absolute Gasteiger partial charge is 0.317 e. The number of esters is 1. The van der Waals surface area contributed by atoms with Gasteiger partial charge < -0.3 is 10.1 Å². The molecule has 1 N–H and O–H groups in total. The summed E-state index contributed by atoms with van der Waals surface area (Å²) in [6, 6.07) is 7.10. The van der Waals surface area contributed by atoms with Crippen molar-refractivity contribution >= 4 is 17.6 Å². The van der Waals surface area contributed by atoms with Gasteiger partial charge in [0.15, 0.2) is 0 Å². The predicted octanol–water partition coefficient (Wildman–Crippen LogP) is 1.56. The second kappa shape index (κ2) is 6.33. The summed E-state index contributed by atoms with van der Waals surface area (Å²) in [7, 11) is 1.32. The van der Waals surface area contributed by atoms with Gasteiger partial charge in [-0.15, -0.1) is 0 Å². The largest absolute Gasteiger partial charge is 0.468 e. The van der Waals surface area contributed by atoms with Crippen molar-refractivity contribution < 1.29 is 14.3 Å². The van der Waals surface area contributed by atoms with E-state index in [2.05, 4.69) is 21.9 Å². The van der Waals surface area contributed by atoms with Crippen LogP contribution in [0.5, 0.6) is 0 Å². The first-order valence-corrected chi connectivity index (χ1v) is 5.05. The van der Waals surface area contributed by atoms with Crippen LogP contribution < -0.4 is 5.32 Å². The van der Waals surface area contributed by atoms with Gasteiger partial charge >= 0.3 is 5.97 Å². The Hall–Kier alpha value is -2.28. The third-order valence-electron chi connectivity index (χ3n) is 1.88. The molecule has 0 atom stereocenters. The summed E-state index contributed by atoms with van der Waals surface area (Å²) < 4.78 is 4.47. The number of benzene rings is 1. The first-order chi connectivity index (χ1) is 8.11. The molecule has 1 rings (SSSR count). The number of methoxy groups -OCH3 is 1. The Labute approximate surface area is 100.0 Å². The average Bonchev–Trinajstić information content (AvgIpc) is 2.28. The molecule has 0 fully saturated rings. The first-order valence-electron chi connectivity index (χ1n) is 5.05. The molecule has 0 unspecified atom stereocenters. The molecule has 4 heteroatoms. The fraction of sp³-hybridized carbons (Fsp3) is 0.231. The molecule has 1 aromatic carbocycles. The lowest BCUT2D eigenvalue weighted by atomic mass is 10.2. The van der Waals surface area contributed by atoms with E-state index in [1.807, 2.05) is 0 Å². The van der Waals surface area contributed by atoms with Gasteiger partial charge in [0.25, 0.3) is 0 Å². The number of ether oxygens (including phenoxy) is 1. The molecular formula is C13H13NO3. The third kappa shape index (κ3) is 4.85. The molecule has 0 bridgehead atoms. The number of nitrogens with one attached hydrogen (secondary N) is 1. The minimum absolute atomic E-state index is 0.0564. The highest BCUT2D eigenvalue weighted by molar-refractivity contribution is 5.88.